The summed E-state index contributed by atoms with van der Waals surface area (Å²) in [5, 5.41) is 3.80. The molecule has 0 bridgehead atoms. The maximum absolute atomic E-state index is 13.2. The molecule has 2 aromatic rings. The maximum Gasteiger partial charge on any atom is 0.249 e. The van der Waals surface area contributed by atoms with Crippen molar-refractivity contribution in [2.45, 2.75) is 44.0 Å². The number of hydrogen-bond acceptors (Lipinski definition) is 5. The fourth-order valence-corrected chi connectivity index (χ4v) is 5.31. The van der Waals surface area contributed by atoms with Gasteiger partial charge < -0.3 is 9.26 Å². The van der Waals surface area contributed by atoms with Gasteiger partial charge in [-0.1, -0.05) is 23.7 Å². The Kier molecular flexibility index (Phi) is 4.64. The second kappa shape index (κ2) is 6.57. The summed E-state index contributed by atoms with van der Waals surface area (Å²) in [5.41, 5.74) is 1.35. The Morgan fingerprint density at radius 1 is 1.29 bits per heavy atom. The van der Waals surface area contributed by atoms with E-state index in [-0.39, 0.29) is 10.9 Å². The largest absolute Gasteiger partial charge is 0.497 e. The molecule has 1 aromatic heterocycles. The number of aryl methyl sites for hydroxylation is 2. The molecule has 2 heterocycles. The van der Waals surface area contributed by atoms with Gasteiger partial charge in [-0.2, -0.15) is 4.31 Å². The van der Waals surface area contributed by atoms with Gasteiger partial charge in [0.15, 0.2) is 5.76 Å². The van der Waals surface area contributed by atoms with Crippen LogP contribution in [-0.2, 0) is 10.0 Å². The minimum absolute atomic E-state index is 0.192. The molecule has 1 aliphatic heterocycles. The number of piperidine rings is 1. The Labute approximate surface area is 142 Å². The van der Waals surface area contributed by atoms with Crippen LogP contribution in [0.15, 0.2) is 33.7 Å². The summed E-state index contributed by atoms with van der Waals surface area (Å²) in [6, 6.07) is 7.41. The second-order valence-electron chi connectivity index (χ2n) is 6.06. The first-order valence-corrected chi connectivity index (χ1v) is 9.48. The maximum atomic E-state index is 13.2. The molecule has 0 unspecified atom stereocenters. The first-order chi connectivity index (χ1) is 11.4. The van der Waals surface area contributed by atoms with Crippen LogP contribution in [0.3, 0.4) is 0 Å². The molecule has 3 rings (SSSR count). The van der Waals surface area contributed by atoms with Crippen molar-refractivity contribution < 1.29 is 17.7 Å². The molecule has 1 fully saturated rings. The third-order valence-electron chi connectivity index (χ3n) is 4.47. The van der Waals surface area contributed by atoms with Crippen molar-refractivity contribution in [3.63, 3.8) is 0 Å². The molecule has 1 aromatic carbocycles. The minimum Gasteiger partial charge on any atom is -0.497 e. The van der Waals surface area contributed by atoms with Crippen molar-refractivity contribution in [3.05, 3.63) is 41.3 Å². The molecule has 1 aliphatic rings. The number of nitrogens with zero attached hydrogens (tertiary/aromatic N) is 2. The van der Waals surface area contributed by atoms with Crippen LogP contribution in [0.5, 0.6) is 5.75 Å². The first-order valence-electron chi connectivity index (χ1n) is 8.04. The van der Waals surface area contributed by atoms with E-state index in [1.54, 1.807) is 25.3 Å². The van der Waals surface area contributed by atoms with Crippen LogP contribution in [0, 0.1) is 13.8 Å². The monoisotopic (exact) mass is 350 g/mol. The zero-order valence-corrected chi connectivity index (χ0v) is 15.0. The van der Waals surface area contributed by atoms with E-state index in [0.29, 0.717) is 18.0 Å². The van der Waals surface area contributed by atoms with E-state index < -0.39 is 10.0 Å². The third kappa shape index (κ3) is 2.93. The predicted molar refractivity (Wildman–Crippen MR) is 89.5 cm³/mol. The van der Waals surface area contributed by atoms with Gasteiger partial charge in [0.2, 0.25) is 10.0 Å². The van der Waals surface area contributed by atoms with Crippen LogP contribution < -0.4 is 4.74 Å². The zero-order chi connectivity index (χ0) is 17.3. The fraction of sp³-hybridized carbons (Fsp3) is 0.471. The van der Waals surface area contributed by atoms with E-state index in [2.05, 4.69) is 5.16 Å². The molecule has 24 heavy (non-hydrogen) atoms. The first kappa shape index (κ1) is 17.0. The van der Waals surface area contributed by atoms with E-state index in [1.165, 1.54) is 0 Å². The smallest absolute Gasteiger partial charge is 0.249 e. The van der Waals surface area contributed by atoms with Crippen molar-refractivity contribution in [3.8, 4) is 5.75 Å². The summed E-state index contributed by atoms with van der Waals surface area (Å²) < 4.78 is 38.4. The third-order valence-corrected chi connectivity index (χ3v) is 6.62. The fourth-order valence-electron chi connectivity index (χ4n) is 3.33. The number of ether oxygens (including phenoxy) is 1. The van der Waals surface area contributed by atoms with Gasteiger partial charge in [0.1, 0.15) is 16.3 Å². The number of sulfonamides is 1. The molecule has 7 heteroatoms. The molecule has 0 spiro atoms. The van der Waals surface area contributed by atoms with Gasteiger partial charge in [0, 0.05) is 6.54 Å². The van der Waals surface area contributed by atoms with Gasteiger partial charge in [-0.25, -0.2) is 8.42 Å². The van der Waals surface area contributed by atoms with Gasteiger partial charge >= 0.3 is 0 Å². The van der Waals surface area contributed by atoms with Crippen molar-refractivity contribution in [2.24, 2.45) is 0 Å². The van der Waals surface area contributed by atoms with Gasteiger partial charge in [-0.05, 0) is 44.4 Å². The second-order valence-corrected chi connectivity index (χ2v) is 7.88. The van der Waals surface area contributed by atoms with E-state index in [4.69, 9.17) is 9.26 Å². The summed E-state index contributed by atoms with van der Waals surface area (Å²) in [4.78, 5) is 0.192. The topological polar surface area (TPSA) is 72.6 Å². The van der Waals surface area contributed by atoms with E-state index in [0.717, 1.165) is 30.6 Å². The van der Waals surface area contributed by atoms with Crippen LogP contribution >= 0.6 is 0 Å². The summed E-state index contributed by atoms with van der Waals surface area (Å²) in [6.45, 7) is 3.79. The lowest BCUT2D eigenvalue weighted by Crippen LogP contribution is -2.38. The highest BCUT2D eigenvalue weighted by atomic mass is 32.2. The number of aromatic nitrogens is 1. The van der Waals surface area contributed by atoms with Crippen molar-refractivity contribution >= 4 is 10.0 Å². The lowest BCUT2D eigenvalue weighted by molar-refractivity contribution is 0.255. The highest BCUT2D eigenvalue weighted by Gasteiger charge is 2.37. The van der Waals surface area contributed by atoms with E-state index in [1.807, 2.05) is 24.3 Å². The van der Waals surface area contributed by atoms with Gasteiger partial charge in [-0.15, -0.1) is 0 Å². The molecule has 1 atom stereocenters. The van der Waals surface area contributed by atoms with Crippen molar-refractivity contribution in [1.82, 2.24) is 9.46 Å². The molecule has 0 radical (unpaired) electrons. The summed E-state index contributed by atoms with van der Waals surface area (Å²) >= 11 is 0. The number of benzene rings is 1. The summed E-state index contributed by atoms with van der Waals surface area (Å²) in [5.74, 6) is 1.07. The summed E-state index contributed by atoms with van der Waals surface area (Å²) in [6.07, 6.45) is 2.63. The van der Waals surface area contributed by atoms with Crippen molar-refractivity contribution in [1.29, 1.82) is 0 Å². The number of methoxy groups -OCH3 is 1. The van der Waals surface area contributed by atoms with E-state index >= 15 is 0 Å². The molecule has 0 aliphatic carbocycles. The normalized spacial score (nSPS) is 19.4. The average molecular weight is 350 g/mol. The Morgan fingerprint density at radius 2 is 2.08 bits per heavy atom. The Morgan fingerprint density at radius 3 is 2.75 bits per heavy atom. The van der Waals surface area contributed by atoms with Crippen LogP contribution in [0.1, 0.15) is 42.3 Å². The molecular weight excluding hydrogens is 328 g/mol. The van der Waals surface area contributed by atoms with Gasteiger partial charge in [0.25, 0.3) is 0 Å². The zero-order valence-electron chi connectivity index (χ0n) is 14.2. The number of hydrogen-bond donors (Lipinski definition) is 0. The Bertz CT molecular complexity index is 809. The van der Waals surface area contributed by atoms with E-state index in [9.17, 15) is 8.42 Å². The Hall–Kier alpha value is -1.86. The molecular formula is C17H22N2O4S. The SMILES string of the molecule is COc1cccc([C@@H]2CCCCN2S(=O)(=O)c2c(C)noc2C)c1. The van der Waals surface area contributed by atoms with Crippen LogP contribution in [-0.4, -0.2) is 31.5 Å². The van der Waals surface area contributed by atoms with Crippen molar-refractivity contribution in [2.75, 3.05) is 13.7 Å². The molecule has 6 nitrogen and oxygen atoms in total. The highest BCUT2D eigenvalue weighted by Crippen LogP contribution is 2.37. The highest BCUT2D eigenvalue weighted by molar-refractivity contribution is 7.89. The molecule has 0 saturated carbocycles. The minimum atomic E-state index is -3.66. The standard InChI is InChI=1S/C17H22N2O4S/c1-12-17(13(2)23-18-12)24(20,21)19-10-5-4-9-16(19)14-7-6-8-15(11-14)22-3/h6-8,11,16H,4-5,9-10H2,1-3H3/t16-/m0/s1. The van der Waals surface area contributed by atoms with Crippen LogP contribution in [0.25, 0.3) is 0 Å². The molecule has 0 N–H and O–H groups in total. The van der Waals surface area contributed by atoms with Crippen LogP contribution in [0.2, 0.25) is 0 Å². The van der Waals surface area contributed by atoms with Gasteiger partial charge in [0.05, 0.1) is 13.2 Å². The van der Waals surface area contributed by atoms with Crippen LogP contribution in [0.4, 0.5) is 0 Å². The average Bonchev–Trinajstić information content (AvgIpc) is 2.94. The lowest BCUT2D eigenvalue weighted by Gasteiger charge is -2.35. The quantitative estimate of drug-likeness (QED) is 0.846. The lowest BCUT2D eigenvalue weighted by atomic mass is 9.97. The molecule has 130 valence electrons. The van der Waals surface area contributed by atoms with Gasteiger partial charge in [-0.3, -0.25) is 0 Å². The molecule has 1 saturated heterocycles. The molecule has 0 amide bonds. The summed E-state index contributed by atoms with van der Waals surface area (Å²) in [7, 11) is -2.05. The predicted octanol–water partition coefficient (Wildman–Crippen LogP) is 3.22. The Balaban J connectivity index is 2.04. The number of rotatable bonds is 4.